The van der Waals surface area contributed by atoms with Crippen LogP contribution in [0.4, 0.5) is 5.69 Å². The molecule has 0 radical (unpaired) electrons. The number of rotatable bonds is 4. The first-order valence-electron chi connectivity index (χ1n) is 7.54. The van der Waals surface area contributed by atoms with E-state index in [1.54, 1.807) is 48.5 Å². The summed E-state index contributed by atoms with van der Waals surface area (Å²) in [4.78, 5) is 16.6. The van der Waals surface area contributed by atoms with Crippen LogP contribution in [0.3, 0.4) is 0 Å². The molecule has 0 heterocycles. The summed E-state index contributed by atoms with van der Waals surface area (Å²) < 4.78 is 0. The summed E-state index contributed by atoms with van der Waals surface area (Å²) in [6, 6.07) is 17.5. The highest BCUT2D eigenvalue weighted by Gasteiger charge is 2.16. The number of phenols is 3. The molecule has 0 aliphatic heterocycles. The molecule has 0 amide bonds. The topological polar surface area (TPSA) is 90.1 Å². The van der Waals surface area contributed by atoms with E-state index in [9.17, 15) is 20.1 Å². The van der Waals surface area contributed by atoms with Gasteiger partial charge >= 0.3 is 0 Å². The van der Waals surface area contributed by atoms with Crippen molar-refractivity contribution in [2.24, 2.45) is 4.99 Å². The monoisotopic (exact) mass is 333 g/mol. The lowest BCUT2D eigenvalue weighted by atomic mass is 10.00. The van der Waals surface area contributed by atoms with Gasteiger partial charge in [0.15, 0.2) is 5.78 Å². The van der Waals surface area contributed by atoms with Gasteiger partial charge in [-0.25, -0.2) is 0 Å². The zero-order valence-corrected chi connectivity index (χ0v) is 13.1. The van der Waals surface area contributed by atoms with E-state index < -0.39 is 0 Å². The summed E-state index contributed by atoms with van der Waals surface area (Å²) in [7, 11) is 0. The third-order valence-electron chi connectivity index (χ3n) is 3.65. The fourth-order valence-corrected chi connectivity index (χ4v) is 2.34. The van der Waals surface area contributed by atoms with Crippen molar-refractivity contribution in [1.82, 2.24) is 0 Å². The van der Waals surface area contributed by atoms with E-state index in [1.807, 2.05) is 0 Å². The molecule has 5 heteroatoms. The molecule has 0 aromatic heterocycles. The van der Waals surface area contributed by atoms with Crippen LogP contribution < -0.4 is 0 Å². The lowest BCUT2D eigenvalue weighted by molar-refractivity contribution is 0.103. The standard InChI is InChI=1S/C20H15NO4/c22-17-9-5-4-8-16(17)21-12-14-10-15(19(24)11-18(14)23)20(25)13-6-2-1-3-7-13/h1-12,22-24H/b21-12+. The third-order valence-corrected chi connectivity index (χ3v) is 3.65. The molecule has 5 nitrogen and oxygen atoms in total. The molecule has 124 valence electrons. The second kappa shape index (κ2) is 6.88. The van der Waals surface area contributed by atoms with Gasteiger partial charge in [-0.2, -0.15) is 0 Å². The quantitative estimate of drug-likeness (QED) is 0.500. The number of hydrogen-bond acceptors (Lipinski definition) is 5. The molecular formula is C20H15NO4. The van der Waals surface area contributed by atoms with Gasteiger partial charge in [-0.3, -0.25) is 9.79 Å². The Morgan fingerprint density at radius 1 is 0.800 bits per heavy atom. The zero-order valence-electron chi connectivity index (χ0n) is 13.1. The molecule has 3 rings (SSSR count). The van der Waals surface area contributed by atoms with Gasteiger partial charge in [0.05, 0.1) is 5.56 Å². The van der Waals surface area contributed by atoms with E-state index in [1.165, 1.54) is 18.3 Å². The minimum Gasteiger partial charge on any atom is -0.507 e. The van der Waals surface area contributed by atoms with Crippen molar-refractivity contribution in [2.75, 3.05) is 0 Å². The Balaban J connectivity index is 1.99. The first kappa shape index (κ1) is 16.3. The van der Waals surface area contributed by atoms with Gasteiger partial charge in [0.25, 0.3) is 0 Å². The lowest BCUT2D eigenvalue weighted by Crippen LogP contribution is -2.02. The summed E-state index contributed by atoms with van der Waals surface area (Å²) in [6.45, 7) is 0. The van der Waals surface area contributed by atoms with Crippen molar-refractivity contribution in [3.8, 4) is 17.2 Å². The zero-order chi connectivity index (χ0) is 17.8. The number of nitrogens with zero attached hydrogens (tertiary/aromatic N) is 1. The fraction of sp³-hybridized carbons (Fsp3) is 0. The largest absolute Gasteiger partial charge is 0.507 e. The maximum Gasteiger partial charge on any atom is 0.196 e. The normalized spacial score (nSPS) is 10.9. The Morgan fingerprint density at radius 3 is 2.20 bits per heavy atom. The fourth-order valence-electron chi connectivity index (χ4n) is 2.34. The number of phenolic OH excluding ortho intramolecular Hbond substituents is 3. The van der Waals surface area contributed by atoms with Crippen LogP contribution in [0.5, 0.6) is 17.2 Å². The van der Waals surface area contributed by atoms with Crippen LogP contribution in [-0.2, 0) is 0 Å². The molecule has 0 saturated heterocycles. The second-order valence-electron chi connectivity index (χ2n) is 5.37. The molecule has 0 bridgehead atoms. The van der Waals surface area contributed by atoms with E-state index >= 15 is 0 Å². The first-order valence-corrected chi connectivity index (χ1v) is 7.54. The highest BCUT2D eigenvalue weighted by Crippen LogP contribution is 2.30. The van der Waals surface area contributed by atoms with Crippen LogP contribution in [-0.4, -0.2) is 27.3 Å². The molecule has 0 saturated carbocycles. The lowest BCUT2D eigenvalue weighted by Gasteiger charge is -2.07. The minimum atomic E-state index is -0.365. The summed E-state index contributed by atoms with van der Waals surface area (Å²) in [5.74, 6) is -0.903. The van der Waals surface area contributed by atoms with E-state index in [0.29, 0.717) is 11.3 Å². The molecule has 3 aromatic rings. The molecule has 25 heavy (non-hydrogen) atoms. The second-order valence-corrected chi connectivity index (χ2v) is 5.37. The molecule has 0 fully saturated rings. The first-order chi connectivity index (χ1) is 12.1. The van der Waals surface area contributed by atoms with Crippen molar-refractivity contribution < 1.29 is 20.1 Å². The van der Waals surface area contributed by atoms with Gasteiger partial charge in [-0.15, -0.1) is 0 Å². The van der Waals surface area contributed by atoms with Gasteiger partial charge in [-0.05, 0) is 18.2 Å². The van der Waals surface area contributed by atoms with Gasteiger partial charge in [-0.1, -0.05) is 42.5 Å². The van der Waals surface area contributed by atoms with E-state index in [2.05, 4.69) is 4.99 Å². The smallest absolute Gasteiger partial charge is 0.196 e. The van der Waals surface area contributed by atoms with Crippen LogP contribution in [0.15, 0.2) is 71.7 Å². The van der Waals surface area contributed by atoms with Crippen LogP contribution in [0.25, 0.3) is 0 Å². The summed E-state index contributed by atoms with van der Waals surface area (Å²) >= 11 is 0. The van der Waals surface area contributed by atoms with Crippen LogP contribution in [0.1, 0.15) is 21.5 Å². The number of para-hydroxylation sites is 2. The number of benzene rings is 3. The number of ketones is 1. The van der Waals surface area contributed by atoms with Crippen LogP contribution in [0.2, 0.25) is 0 Å². The Kier molecular flexibility index (Phi) is 4.48. The van der Waals surface area contributed by atoms with Gasteiger partial charge < -0.3 is 15.3 Å². The van der Waals surface area contributed by atoms with E-state index in [4.69, 9.17) is 0 Å². The summed E-state index contributed by atoms with van der Waals surface area (Å²) in [5, 5.41) is 29.7. The van der Waals surface area contributed by atoms with E-state index in [0.717, 1.165) is 6.07 Å². The predicted octanol–water partition coefficient (Wildman–Crippen LogP) is 3.79. The Bertz CT molecular complexity index is 949. The number of carbonyl (C=O) groups excluding carboxylic acids is 1. The molecular weight excluding hydrogens is 318 g/mol. The van der Waals surface area contributed by atoms with Gasteiger partial charge in [0.2, 0.25) is 0 Å². The van der Waals surface area contributed by atoms with Gasteiger partial charge in [0, 0.05) is 23.4 Å². The molecule has 0 atom stereocenters. The number of carbonyl (C=O) groups is 1. The van der Waals surface area contributed by atoms with Crippen LogP contribution in [0, 0.1) is 0 Å². The summed E-state index contributed by atoms with van der Waals surface area (Å²) in [6.07, 6.45) is 1.32. The number of hydrogen-bond donors (Lipinski definition) is 3. The molecule has 0 spiro atoms. The Hall–Kier alpha value is -3.60. The van der Waals surface area contributed by atoms with Crippen molar-refractivity contribution in [2.45, 2.75) is 0 Å². The summed E-state index contributed by atoms with van der Waals surface area (Å²) in [5.41, 5.74) is 1.06. The van der Waals surface area contributed by atoms with Crippen molar-refractivity contribution in [1.29, 1.82) is 0 Å². The minimum absolute atomic E-state index is 0.00222. The Labute approximate surface area is 144 Å². The number of aliphatic imine (C=N–C) groups is 1. The third kappa shape index (κ3) is 3.50. The highest BCUT2D eigenvalue weighted by atomic mass is 16.3. The van der Waals surface area contributed by atoms with Crippen molar-refractivity contribution in [3.05, 3.63) is 83.4 Å². The SMILES string of the molecule is O=C(c1ccccc1)c1cc(/C=N/c2ccccc2O)c(O)cc1O. The van der Waals surface area contributed by atoms with Crippen LogP contribution >= 0.6 is 0 Å². The average Bonchev–Trinajstić information content (AvgIpc) is 2.62. The average molecular weight is 333 g/mol. The van der Waals surface area contributed by atoms with Gasteiger partial charge in [0.1, 0.15) is 22.9 Å². The Morgan fingerprint density at radius 2 is 1.48 bits per heavy atom. The van der Waals surface area contributed by atoms with Crippen molar-refractivity contribution in [3.63, 3.8) is 0 Å². The molecule has 0 unspecified atom stereocenters. The molecule has 0 aliphatic rings. The van der Waals surface area contributed by atoms with Crippen molar-refractivity contribution >= 4 is 17.7 Å². The van der Waals surface area contributed by atoms with E-state index in [-0.39, 0.29) is 34.2 Å². The number of aromatic hydroxyl groups is 3. The highest BCUT2D eigenvalue weighted by molar-refractivity contribution is 6.11. The maximum atomic E-state index is 12.5. The predicted molar refractivity (Wildman–Crippen MR) is 95.0 cm³/mol. The maximum absolute atomic E-state index is 12.5. The molecule has 0 aliphatic carbocycles. The molecule has 3 N–H and O–H groups in total. The molecule has 3 aromatic carbocycles.